The fourth-order valence-electron chi connectivity index (χ4n) is 1.84. The molecule has 0 saturated heterocycles. The van der Waals surface area contributed by atoms with E-state index in [1.807, 2.05) is 0 Å². The summed E-state index contributed by atoms with van der Waals surface area (Å²) in [6.45, 7) is 0. The Kier molecular flexibility index (Phi) is 3.95. The third-order valence-corrected chi connectivity index (χ3v) is 2.75. The van der Waals surface area contributed by atoms with E-state index < -0.39 is 40.7 Å². The van der Waals surface area contributed by atoms with Crippen molar-refractivity contribution in [3.63, 3.8) is 0 Å². The second-order valence-electron chi connectivity index (χ2n) is 4.31. The Balaban J connectivity index is 2.52. The fourth-order valence-corrected chi connectivity index (χ4v) is 1.84. The van der Waals surface area contributed by atoms with Crippen LogP contribution in [0, 0.1) is 0 Å². The number of rotatable bonds is 2. The number of benzene rings is 2. The summed E-state index contributed by atoms with van der Waals surface area (Å²) in [5.41, 5.74) is 2.14. The van der Waals surface area contributed by atoms with Crippen LogP contribution in [0.3, 0.4) is 0 Å². The zero-order chi connectivity index (χ0) is 16.5. The van der Waals surface area contributed by atoms with Gasteiger partial charge in [0, 0.05) is 5.69 Å². The van der Waals surface area contributed by atoms with Crippen molar-refractivity contribution in [1.82, 2.24) is 0 Å². The summed E-state index contributed by atoms with van der Waals surface area (Å²) in [6.07, 6.45) is -9.61. The van der Waals surface area contributed by atoms with Crippen LogP contribution in [-0.2, 0) is 12.4 Å². The maximum absolute atomic E-state index is 13.0. The molecule has 0 amide bonds. The van der Waals surface area contributed by atoms with Gasteiger partial charge in [-0.05, 0) is 24.3 Å². The molecule has 0 aliphatic carbocycles. The first-order valence-electron chi connectivity index (χ1n) is 5.90. The molecule has 2 N–H and O–H groups in total. The number of halogens is 6. The Bertz CT molecular complexity index is 678. The molecule has 0 fully saturated rings. The van der Waals surface area contributed by atoms with Crippen molar-refractivity contribution in [3.8, 4) is 11.5 Å². The molecule has 0 aliphatic rings. The van der Waals surface area contributed by atoms with E-state index in [9.17, 15) is 26.3 Å². The van der Waals surface area contributed by atoms with Gasteiger partial charge in [-0.2, -0.15) is 26.3 Å². The molecule has 0 heterocycles. The maximum atomic E-state index is 13.0. The van der Waals surface area contributed by atoms with Crippen molar-refractivity contribution in [3.05, 3.63) is 53.6 Å². The molecule has 2 rings (SSSR count). The maximum Gasteiger partial charge on any atom is 0.421 e. The van der Waals surface area contributed by atoms with E-state index in [0.717, 1.165) is 36.4 Å². The Morgan fingerprint density at radius 3 is 1.91 bits per heavy atom. The van der Waals surface area contributed by atoms with Crippen LogP contribution in [-0.4, -0.2) is 0 Å². The second-order valence-corrected chi connectivity index (χ2v) is 4.31. The van der Waals surface area contributed by atoms with Gasteiger partial charge in [0.25, 0.3) is 0 Å². The number of alkyl halides is 6. The van der Waals surface area contributed by atoms with E-state index in [-0.39, 0.29) is 0 Å². The first kappa shape index (κ1) is 16.0. The quantitative estimate of drug-likeness (QED) is 0.617. The van der Waals surface area contributed by atoms with Gasteiger partial charge >= 0.3 is 12.4 Å². The number of para-hydroxylation sites is 1. The van der Waals surface area contributed by atoms with Crippen molar-refractivity contribution in [2.24, 2.45) is 0 Å². The van der Waals surface area contributed by atoms with Gasteiger partial charge in [-0.1, -0.05) is 18.2 Å². The molecule has 0 radical (unpaired) electrons. The number of anilines is 1. The van der Waals surface area contributed by atoms with E-state index in [1.165, 1.54) is 6.07 Å². The largest absolute Gasteiger partial charge is 0.456 e. The highest BCUT2D eigenvalue weighted by atomic mass is 19.4. The molecule has 0 saturated carbocycles. The summed E-state index contributed by atoms with van der Waals surface area (Å²) >= 11 is 0. The number of nitrogens with two attached hydrogens (primary N) is 1. The van der Waals surface area contributed by atoms with Crippen LogP contribution in [0.4, 0.5) is 32.0 Å². The predicted octanol–water partition coefficient (Wildman–Crippen LogP) is 5.10. The van der Waals surface area contributed by atoms with Crippen molar-refractivity contribution in [2.75, 3.05) is 5.73 Å². The van der Waals surface area contributed by atoms with Crippen LogP contribution in [0.5, 0.6) is 11.5 Å². The standard InChI is InChI=1S/C14H9F6NO/c15-13(16,17)8-4-1-2-6-10(8)22-11-7-3-5-9(21)12(11)14(18,19)20/h1-7H,21H2. The molecule has 0 aromatic heterocycles. The van der Waals surface area contributed by atoms with E-state index in [0.29, 0.717) is 0 Å². The van der Waals surface area contributed by atoms with Crippen LogP contribution >= 0.6 is 0 Å². The first-order chi connectivity index (χ1) is 10.1. The Hall–Kier alpha value is -2.38. The van der Waals surface area contributed by atoms with Crippen LogP contribution < -0.4 is 10.5 Å². The smallest absolute Gasteiger partial charge is 0.421 e. The minimum absolute atomic E-state index is 0.630. The minimum Gasteiger partial charge on any atom is -0.456 e. The third kappa shape index (κ3) is 3.26. The summed E-state index contributed by atoms with van der Waals surface area (Å²) in [4.78, 5) is 0. The van der Waals surface area contributed by atoms with Crippen molar-refractivity contribution >= 4 is 5.69 Å². The second kappa shape index (κ2) is 5.43. The molecule has 0 unspecified atom stereocenters. The average Bonchev–Trinajstić information content (AvgIpc) is 2.36. The lowest BCUT2D eigenvalue weighted by Gasteiger charge is -2.18. The lowest BCUT2D eigenvalue weighted by Crippen LogP contribution is -2.12. The Morgan fingerprint density at radius 1 is 0.727 bits per heavy atom. The summed E-state index contributed by atoms with van der Waals surface area (Å²) in [5, 5.41) is 0. The highest BCUT2D eigenvalue weighted by Crippen LogP contribution is 2.44. The number of nitrogen functional groups attached to an aromatic ring is 1. The third-order valence-electron chi connectivity index (χ3n) is 2.75. The molecule has 2 aromatic rings. The molecule has 118 valence electrons. The van der Waals surface area contributed by atoms with E-state index in [1.54, 1.807) is 0 Å². The van der Waals surface area contributed by atoms with Gasteiger partial charge in [-0.25, -0.2) is 0 Å². The lowest BCUT2D eigenvalue weighted by atomic mass is 10.1. The van der Waals surface area contributed by atoms with Crippen molar-refractivity contribution in [2.45, 2.75) is 12.4 Å². The van der Waals surface area contributed by atoms with Crippen LogP contribution in [0.1, 0.15) is 11.1 Å². The highest BCUT2D eigenvalue weighted by Gasteiger charge is 2.38. The van der Waals surface area contributed by atoms with Crippen molar-refractivity contribution < 1.29 is 31.1 Å². The molecule has 0 spiro atoms. The van der Waals surface area contributed by atoms with Crippen molar-refractivity contribution in [1.29, 1.82) is 0 Å². The highest BCUT2D eigenvalue weighted by molar-refractivity contribution is 5.57. The summed E-state index contributed by atoms with van der Waals surface area (Å²) in [5.74, 6) is -1.52. The topological polar surface area (TPSA) is 35.2 Å². The normalized spacial score (nSPS) is 12.3. The van der Waals surface area contributed by atoms with Gasteiger partial charge in [-0.3, -0.25) is 0 Å². The molecular weight excluding hydrogens is 312 g/mol. The summed E-state index contributed by atoms with van der Waals surface area (Å²) in [7, 11) is 0. The minimum atomic E-state index is -4.85. The van der Waals surface area contributed by atoms with Crippen LogP contribution in [0.25, 0.3) is 0 Å². The molecule has 0 bridgehead atoms. The van der Waals surface area contributed by atoms with Gasteiger partial charge in [0.15, 0.2) is 0 Å². The van der Waals surface area contributed by atoms with Gasteiger partial charge in [0.05, 0.1) is 5.56 Å². The lowest BCUT2D eigenvalue weighted by molar-refractivity contribution is -0.139. The molecule has 0 aliphatic heterocycles. The van der Waals surface area contributed by atoms with Gasteiger partial charge in [-0.15, -0.1) is 0 Å². The van der Waals surface area contributed by atoms with Gasteiger partial charge in [0.2, 0.25) is 0 Å². The summed E-state index contributed by atoms with van der Waals surface area (Å²) < 4.78 is 82.3. The molecule has 0 atom stereocenters. The number of ether oxygens (including phenoxy) is 1. The van der Waals surface area contributed by atoms with E-state index in [4.69, 9.17) is 10.5 Å². The monoisotopic (exact) mass is 321 g/mol. The van der Waals surface area contributed by atoms with Gasteiger partial charge in [0.1, 0.15) is 17.1 Å². The predicted molar refractivity (Wildman–Crippen MR) is 67.4 cm³/mol. The average molecular weight is 321 g/mol. The van der Waals surface area contributed by atoms with Gasteiger partial charge < -0.3 is 10.5 Å². The molecule has 2 nitrogen and oxygen atoms in total. The first-order valence-corrected chi connectivity index (χ1v) is 5.90. The van der Waals surface area contributed by atoms with E-state index in [2.05, 4.69) is 0 Å². The van der Waals surface area contributed by atoms with E-state index >= 15 is 0 Å². The van der Waals surface area contributed by atoms with Crippen LogP contribution in [0.15, 0.2) is 42.5 Å². The Morgan fingerprint density at radius 2 is 1.32 bits per heavy atom. The number of hydrogen-bond acceptors (Lipinski definition) is 2. The molecule has 22 heavy (non-hydrogen) atoms. The molecular formula is C14H9F6NO. The zero-order valence-corrected chi connectivity index (χ0v) is 10.8. The molecule has 8 heteroatoms. The number of hydrogen-bond donors (Lipinski definition) is 1. The molecule has 2 aromatic carbocycles. The SMILES string of the molecule is Nc1cccc(Oc2ccccc2C(F)(F)F)c1C(F)(F)F. The van der Waals surface area contributed by atoms with Crippen LogP contribution in [0.2, 0.25) is 0 Å². The zero-order valence-electron chi connectivity index (χ0n) is 10.8. The Labute approximate surface area is 121 Å². The summed E-state index contributed by atoms with van der Waals surface area (Å²) in [6, 6.07) is 7.05. The fraction of sp³-hybridized carbons (Fsp3) is 0.143.